The molecule has 0 fully saturated rings. The average molecular weight is 266 g/mol. The maximum atomic E-state index is 12.9. The highest BCUT2D eigenvalue weighted by Gasteiger charge is 2.12. The van der Waals surface area contributed by atoms with Crippen LogP contribution in [0.25, 0.3) is 0 Å². The Morgan fingerprint density at radius 2 is 2.11 bits per heavy atom. The minimum atomic E-state index is -0.229. The molecule has 0 saturated carbocycles. The zero-order valence-electron chi connectivity index (χ0n) is 11.9. The van der Waals surface area contributed by atoms with Gasteiger partial charge in [-0.25, -0.2) is 4.39 Å². The molecule has 0 bridgehead atoms. The van der Waals surface area contributed by atoms with Gasteiger partial charge in [-0.2, -0.15) is 0 Å². The van der Waals surface area contributed by atoms with Gasteiger partial charge in [0, 0.05) is 19.0 Å². The minimum Gasteiger partial charge on any atom is -0.356 e. The predicted octanol–water partition coefficient (Wildman–Crippen LogP) is 2.17. The van der Waals surface area contributed by atoms with Crippen molar-refractivity contribution >= 4 is 5.91 Å². The van der Waals surface area contributed by atoms with Crippen molar-refractivity contribution < 1.29 is 9.18 Å². The number of carbonyl (C=O) groups excluding carboxylic acids is 1. The molecule has 1 atom stereocenters. The van der Waals surface area contributed by atoms with Crippen molar-refractivity contribution in [1.82, 2.24) is 5.32 Å². The van der Waals surface area contributed by atoms with Crippen molar-refractivity contribution in [3.8, 4) is 0 Å². The van der Waals surface area contributed by atoms with Crippen LogP contribution in [-0.2, 0) is 11.2 Å². The second-order valence-corrected chi connectivity index (χ2v) is 5.28. The number of aryl methyl sites for hydroxylation is 1. The molecule has 1 amide bonds. The fourth-order valence-electron chi connectivity index (χ4n) is 1.80. The van der Waals surface area contributed by atoms with Crippen LogP contribution in [0.3, 0.4) is 0 Å². The molecule has 3 N–H and O–H groups in total. The molecule has 106 valence electrons. The number of nitrogens with two attached hydrogens (primary N) is 1. The SMILES string of the molecule is Cc1cc(F)ccc1CCNC(=O)CC(N)C(C)C. The standard InChI is InChI=1S/C15H23FN2O/c1-10(2)14(17)9-15(19)18-7-6-12-4-5-13(16)8-11(12)3/h4-5,8,10,14H,6-7,9,17H2,1-3H3,(H,18,19). The Kier molecular flexibility index (Phi) is 5.96. The molecular weight excluding hydrogens is 243 g/mol. The maximum absolute atomic E-state index is 12.9. The number of carbonyl (C=O) groups is 1. The molecule has 0 aliphatic carbocycles. The lowest BCUT2D eigenvalue weighted by Gasteiger charge is -2.15. The van der Waals surface area contributed by atoms with E-state index < -0.39 is 0 Å². The number of halogens is 1. The lowest BCUT2D eigenvalue weighted by Crippen LogP contribution is -2.35. The van der Waals surface area contributed by atoms with Crippen LogP contribution in [0.4, 0.5) is 4.39 Å². The van der Waals surface area contributed by atoms with Crippen molar-refractivity contribution in [2.45, 2.75) is 39.7 Å². The summed E-state index contributed by atoms with van der Waals surface area (Å²) < 4.78 is 12.9. The maximum Gasteiger partial charge on any atom is 0.221 e. The molecule has 0 aliphatic heterocycles. The Bertz CT molecular complexity index is 432. The fourth-order valence-corrected chi connectivity index (χ4v) is 1.80. The van der Waals surface area contributed by atoms with E-state index in [4.69, 9.17) is 5.73 Å². The van der Waals surface area contributed by atoms with E-state index in [1.165, 1.54) is 12.1 Å². The third-order valence-electron chi connectivity index (χ3n) is 3.30. The Balaban J connectivity index is 2.36. The Hall–Kier alpha value is -1.42. The lowest BCUT2D eigenvalue weighted by atomic mass is 10.0. The van der Waals surface area contributed by atoms with Crippen LogP contribution in [0.1, 0.15) is 31.4 Å². The number of hydrogen-bond donors (Lipinski definition) is 2. The van der Waals surface area contributed by atoms with E-state index in [0.717, 1.165) is 11.1 Å². The van der Waals surface area contributed by atoms with Gasteiger partial charge < -0.3 is 11.1 Å². The van der Waals surface area contributed by atoms with Gasteiger partial charge in [-0.3, -0.25) is 4.79 Å². The van der Waals surface area contributed by atoms with E-state index in [1.807, 2.05) is 20.8 Å². The largest absolute Gasteiger partial charge is 0.356 e. The summed E-state index contributed by atoms with van der Waals surface area (Å²) in [5.41, 5.74) is 7.80. The van der Waals surface area contributed by atoms with Gasteiger partial charge in [0.2, 0.25) is 5.91 Å². The normalized spacial score (nSPS) is 12.5. The highest BCUT2D eigenvalue weighted by molar-refractivity contribution is 5.76. The van der Waals surface area contributed by atoms with E-state index in [9.17, 15) is 9.18 Å². The molecule has 0 radical (unpaired) electrons. The molecule has 1 unspecified atom stereocenters. The average Bonchev–Trinajstić information content (AvgIpc) is 2.31. The first-order valence-corrected chi connectivity index (χ1v) is 6.67. The van der Waals surface area contributed by atoms with Crippen LogP contribution in [-0.4, -0.2) is 18.5 Å². The Morgan fingerprint density at radius 1 is 1.42 bits per heavy atom. The topological polar surface area (TPSA) is 55.1 Å². The zero-order valence-corrected chi connectivity index (χ0v) is 11.9. The molecular formula is C15H23FN2O. The highest BCUT2D eigenvalue weighted by Crippen LogP contribution is 2.10. The van der Waals surface area contributed by atoms with Crippen molar-refractivity contribution in [1.29, 1.82) is 0 Å². The van der Waals surface area contributed by atoms with Crippen molar-refractivity contribution in [2.75, 3.05) is 6.54 Å². The van der Waals surface area contributed by atoms with Crippen molar-refractivity contribution in [3.05, 3.63) is 35.1 Å². The third-order valence-corrected chi connectivity index (χ3v) is 3.30. The summed E-state index contributed by atoms with van der Waals surface area (Å²) in [7, 11) is 0. The summed E-state index contributed by atoms with van der Waals surface area (Å²) >= 11 is 0. The van der Waals surface area contributed by atoms with Gasteiger partial charge in [-0.1, -0.05) is 19.9 Å². The van der Waals surface area contributed by atoms with E-state index in [0.29, 0.717) is 25.3 Å². The third kappa shape index (κ3) is 5.39. The van der Waals surface area contributed by atoms with Gasteiger partial charge in [0.15, 0.2) is 0 Å². The van der Waals surface area contributed by atoms with Crippen molar-refractivity contribution in [2.24, 2.45) is 11.7 Å². The molecule has 4 heteroatoms. The van der Waals surface area contributed by atoms with Crippen LogP contribution >= 0.6 is 0 Å². The number of benzene rings is 1. The van der Waals surface area contributed by atoms with E-state index in [1.54, 1.807) is 6.07 Å². The molecule has 1 rings (SSSR count). The van der Waals surface area contributed by atoms with Gasteiger partial charge in [-0.15, -0.1) is 0 Å². The summed E-state index contributed by atoms with van der Waals surface area (Å²) in [5.74, 6) is 0.0410. The summed E-state index contributed by atoms with van der Waals surface area (Å²) in [5, 5.41) is 2.85. The second kappa shape index (κ2) is 7.24. The number of amides is 1. The van der Waals surface area contributed by atoms with Crippen molar-refractivity contribution in [3.63, 3.8) is 0 Å². The molecule has 1 aromatic rings. The minimum absolute atomic E-state index is 0.0269. The van der Waals surface area contributed by atoms with Gasteiger partial charge in [0.25, 0.3) is 0 Å². The van der Waals surface area contributed by atoms with Crippen LogP contribution in [0.15, 0.2) is 18.2 Å². The van der Waals surface area contributed by atoms with Crippen LogP contribution in [0, 0.1) is 18.7 Å². The zero-order chi connectivity index (χ0) is 14.4. The first-order valence-electron chi connectivity index (χ1n) is 6.67. The van der Waals surface area contributed by atoms with Gasteiger partial charge in [0.05, 0.1) is 0 Å². The Morgan fingerprint density at radius 3 is 2.68 bits per heavy atom. The quantitative estimate of drug-likeness (QED) is 0.829. The van der Waals surface area contributed by atoms with E-state index in [-0.39, 0.29) is 17.8 Å². The molecule has 0 heterocycles. The van der Waals surface area contributed by atoms with Crippen LogP contribution in [0.5, 0.6) is 0 Å². The summed E-state index contributed by atoms with van der Waals surface area (Å²) in [6.07, 6.45) is 1.05. The Labute approximate surface area is 114 Å². The summed E-state index contributed by atoms with van der Waals surface area (Å²) in [6.45, 7) is 6.42. The molecule has 0 spiro atoms. The molecule has 0 aliphatic rings. The van der Waals surface area contributed by atoms with Crippen LogP contribution < -0.4 is 11.1 Å². The highest BCUT2D eigenvalue weighted by atomic mass is 19.1. The molecule has 0 aromatic heterocycles. The first-order chi connectivity index (χ1) is 8.90. The molecule has 3 nitrogen and oxygen atoms in total. The summed E-state index contributed by atoms with van der Waals surface area (Å²) in [4.78, 5) is 11.6. The van der Waals surface area contributed by atoms with Gasteiger partial charge >= 0.3 is 0 Å². The lowest BCUT2D eigenvalue weighted by molar-refractivity contribution is -0.121. The number of rotatable bonds is 6. The van der Waals surface area contributed by atoms with Gasteiger partial charge in [-0.05, 0) is 42.5 Å². The molecule has 19 heavy (non-hydrogen) atoms. The molecule has 1 aromatic carbocycles. The number of hydrogen-bond acceptors (Lipinski definition) is 2. The monoisotopic (exact) mass is 266 g/mol. The van der Waals surface area contributed by atoms with Crippen LogP contribution in [0.2, 0.25) is 0 Å². The smallest absolute Gasteiger partial charge is 0.221 e. The molecule has 0 saturated heterocycles. The van der Waals surface area contributed by atoms with E-state index >= 15 is 0 Å². The summed E-state index contributed by atoms with van der Waals surface area (Å²) in [6, 6.07) is 4.61. The van der Waals surface area contributed by atoms with E-state index in [2.05, 4.69) is 5.32 Å². The fraction of sp³-hybridized carbons (Fsp3) is 0.533. The first kappa shape index (κ1) is 15.6. The number of nitrogens with one attached hydrogen (secondary N) is 1. The van der Waals surface area contributed by atoms with Gasteiger partial charge in [0.1, 0.15) is 5.82 Å². The second-order valence-electron chi connectivity index (χ2n) is 5.28. The predicted molar refractivity (Wildman–Crippen MR) is 75.3 cm³/mol.